The number of ether oxygens (including phenoxy) is 4. The Morgan fingerprint density at radius 3 is 2.12 bits per heavy atom. The molecule has 2 aromatic carbocycles. The number of nitrogens with one attached hydrogen (secondary N) is 5. The van der Waals surface area contributed by atoms with Crippen molar-refractivity contribution < 1.29 is 67.5 Å². The van der Waals surface area contributed by atoms with Crippen molar-refractivity contribution in [2.75, 3.05) is 53.7 Å². The van der Waals surface area contributed by atoms with E-state index in [9.17, 15) is 43.8 Å². The zero-order valence-corrected chi connectivity index (χ0v) is 60.2. The Morgan fingerprint density at radius 2 is 1.36 bits per heavy atom. The summed E-state index contributed by atoms with van der Waals surface area (Å²) >= 11 is 6.89. The highest BCUT2D eigenvalue weighted by Gasteiger charge is 2.46. The molecule has 7 amide bonds. The number of thiazole rings is 6. The molecule has 3 aliphatic rings. The van der Waals surface area contributed by atoms with E-state index in [4.69, 9.17) is 49.6 Å². The van der Waals surface area contributed by atoms with Gasteiger partial charge in [-0.05, 0) is 68.0 Å². The van der Waals surface area contributed by atoms with E-state index in [0.29, 0.717) is 109 Å². The molecule has 9 aromatic rings. The molecule has 9 N–H and O–H groups in total. The van der Waals surface area contributed by atoms with E-state index in [1.165, 1.54) is 51.4 Å². The van der Waals surface area contributed by atoms with Gasteiger partial charge in [-0.15, -0.1) is 68.0 Å². The van der Waals surface area contributed by atoms with E-state index in [1.54, 1.807) is 102 Å². The minimum atomic E-state index is -1.44. The van der Waals surface area contributed by atoms with Crippen LogP contribution in [0.2, 0.25) is 0 Å². The number of carbonyl (C=O) groups is 8. The van der Waals surface area contributed by atoms with Crippen molar-refractivity contribution in [1.82, 2.24) is 66.4 Å². The molecule has 2 fully saturated rings. The van der Waals surface area contributed by atoms with Crippen LogP contribution in [-0.2, 0) is 39.8 Å². The summed E-state index contributed by atoms with van der Waals surface area (Å²) in [6.45, 7) is 4.39. The molecule has 2 aliphatic heterocycles. The number of benzene rings is 2. The highest BCUT2D eigenvalue weighted by atomic mass is 32.1. The molecule has 0 radical (unpaired) electrons. The second-order valence-corrected chi connectivity index (χ2v) is 29.9. The molecule has 1 saturated carbocycles. The molecular formula is C68H70N14O14S6. The third-order valence-electron chi connectivity index (χ3n) is 17.4. The minimum absolute atomic E-state index is 0.0339. The summed E-state index contributed by atoms with van der Waals surface area (Å²) in [4.78, 5) is 147. The van der Waals surface area contributed by atoms with Crippen molar-refractivity contribution in [3.05, 3.63) is 147 Å². The van der Waals surface area contributed by atoms with Crippen LogP contribution in [-0.4, -0.2) is 169 Å². The van der Waals surface area contributed by atoms with Gasteiger partial charge in [0, 0.05) is 75.9 Å². The molecule has 12 rings (SSSR count). The molecule has 7 atom stereocenters. The number of fused-ring (bicyclic) bond motifs is 16. The van der Waals surface area contributed by atoms with E-state index in [1.807, 2.05) is 6.92 Å². The van der Waals surface area contributed by atoms with Gasteiger partial charge in [-0.1, -0.05) is 49.4 Å². The van der Waals surface area contributed by atoms with E-state index >= 15 is 4.79 Å². The Hall–Kier alpha value is -9.23. The summed E-state index contributed by atoms with van der Waals surface area (Å²) < 4.78 is 21.1. The number of aryl methyl sites for hydroxylation is 1. The number of esters is 1. The molecule has 7 aromatic heterocycles. The van der Waals surface area contributed by atoms with Gasteiger partial charge in [0.2, 0.25) is 11.8 Å². The number of methoxy groups -OCH3 is 2. The van der Waals surface area contributed by atoms with Crippen molar-refractivity contribution >= 4 is 115 Å². The Bertz CT molecular complexity index is 4530. The Morgan fingerprint density at radius 1 is 0.686 bits per heavy atom. The molecule has 532 valence electrons. The molecule has 102 heavy (non-hydrogen) atoms. The molecule has 34 heteroatoms. The number of nitrogens with two attached hydrogens (primary N) is 1. The van der Waals surface area contributed by atoms with Crippen LogP contribution in [0.25, 0.3) is 43.4 Å². The lowest BCUT2D eigenvalue weighted by Crippen LogP contribution is -2.50. The van der Waals surface area contributed by atoms with E-state index < -0.39 is 78.2 Å². The first kappa shape index (κ1) is 72.6. The fraction of sp³-hybridized carbons (Fsp3) is 0.368. The normalized spacial score (nSPS) is 20.5. The fourth-order valence-corrected chi connectivity index (χ4v) is 17.3. The lowest BCUT2D eigenvalue weighted by atomic mass is 9.86. The molecule has 1 aliphatic carbocycles. The van der Waals surface area contributed by atoms with Crippen molar-refractivity contribution in [2.24, 2.45) is 17.6 Å². The van der Waals surface area contributed by atoms with Crippen LogP contribution in [0.4, 0.5) is 0 Å². The second kappa shape index (κ2) is 32.8. The molecule has 0 unspecified atom stereocenters. The summed E-state index contributed by atoms with van der Waals surface area (Å²) in [7, 11) is 2.93. The molecule has 9 heterocycles. The Labute approximate surface area is 607 Å². The maximum Gasteiger partial charge on any atom is 0.308 e. The van der Waals surface area contributed by atoms with Crippen LogP contribution in [0, 0.1) is 18.8 Å². The Balaban J connectivity index is 0.895. The number of carbonyl (C=O) groups excluding carboxylic acids is 8. The van der Waals surface area contributed by atoms with Crippen LogP contribution in [0.5, 0.6) is 5.75 Å². The standard InChI is InChI=1S/C68H70N14O14S6/c1-33-49(83)26-82-55(33)66-79-48(32-101-66)63-75-44(28-98-63)53-40(18-19-41(72-53)62-77-45(30-99-62)57(87)71-38-14-12-37(13-15-38)68(92)94-4)61-76-46(29-97-61)58(88)73-42(25-50(69)84)64-81-52(34(2)102-64)60(90)80-54(56(86)36-8-6-5-7-9-36)65-78-47(31-100-65)59(89)74-43(67(82)91)24-35-10-16-39(17-11-35)96-27-51(85)70-20-21-95-23-22-93-3/h5-11,16-19,28-33,37-38,42-43,49,54-56,83,86H,12-15,20-27H2,1-4H3,(H2,69,84)(H,70,85)(H,71,87)(H,73,88)(H,74,89)(H,80,90)/t33-,37?,38?,42-,43-,49-,54-,55-,56+/m0/s1. The van der Waals surface area contributed by atoms with Gasteiger partial charge in [0.25, 0.3) is 29.5 Å². The van der Waals surface area contributed by atoms with E-state index in [0.717, 1.165) is 34.0 Å². The van der Waals surface area contributed by atoms with Crippen LogP contribution in [0.1, 0.15) is 136 Å². The second-order valence-electron chi connectivity index (χ2n) is 24.3. The van der Waals surface area contributed by atoms with Gasteiger partial charge in [0.1, 0.15) is 93.8 Å². The predicted octanol–water partition coefficient (Wildman–Crippen LogP) is 7.20. The quantitative estimate of drug-likeness (QED) is 0.0293. The van der Waals surface area contributed by atoms with Crippen molar-refractivity contribution in [2.45, 2.75) is 94.8 Å². The summed E-state index contributed by atoms with van der Waals surface area (Å²) in [5, 5.41) is 48.5. The summed E-state index contributed by atoms with van der Waals surface area (Å²) in [6, 6.07) is 14.0. The summed E-state index contributed by atoms with van der Waals surface area (Å²) in [6.07, 6.45) is -0.584. The van der Waals surface area contributed by atoms with Gasteiger partial charge >= 0.3 is 5.97 Å². The number of hydrogen-bond donors (Lipinski definition) is 8. The summed E-state index contributed by atoms with van der Waals surface area (Å²) in [5.41, 5.74) is 8.70. The minimum Gasteiger partial charge on any atom is -0.484 e. The van der Waals surface area contributed by atoms with Gasteiger partial charge in [-0.3, -0.25) is 38.4 Å². The number of hydrogen-bond acceptors (Lipinski definition) is 27. The third kappa shape index (κ3) is 16.9. The lowest BCUT2D eigenvalue weighted by Gasteiger charge is -2.29. The van der Waals surface area contributed by atoms with Crippen molar-refractivity contribution in [3.63, 3.8) is 0 Å². The average Bonchev–Trinajstić information content (AvgIpc) is 1.62. The van der Waals surface area contributed by atoms with Gasteiger partial charge in [-0.2, -0.15) is 0 Å². The first-order valence-electron chi connectivity index (χ1n) is 32.4. The van der Waals surface area contributed by atoms with Crippen molar-refractivity contribution in [3.8, 4) is 49.1 Å². The van der Waals surface area contributed by atoms with Gasteiger partial charge in [-0.25, -0.2) is 34.9 Å². The topological polar surface area (TPSA) is 394 Å². The number of primary amides is 1. The maximum absolute atomic E-state index is 15.5. The van der Waals surface area contributed by atoms with Crippen LogP contribution in [0.3, 0.4) is 0 Å². The molecule has 28 nitrogen and oxygen atoms in total. The number of nitrogens with zero attached hydrogens (tertiary/aromatic N) is 8. The van der Waals surface area contributed by atoms with Crippen molar-refractivity contribution in [1.29, 1.82) is 0 Å². The van der Waals surface area contributed by atoms with Gasteiger partial charge < -0.3 is 66.4 Å². The third-order valence-corrected chi connectivity index (χ3v) is 22.9. The highest BCUT2D eigenvalue weighted by Crippen LogP contribution is 2.43. The van der Waals surface area contributed by atoms with E-state index in [-0.39, 0.29) is 95.3 Å². The number of pyridine rings is 1. The first-order chi connectivity index (χ1) is 49.3. The lowest BCUT2D eigenvalue weighted by molar-refractivity contribution is -0.146. The monoisotopic (exact) mass is 1500 g/mol. The number of aliphatic hydroxyl groups excluding tert-OH is 2. The van der Waals surface area contributed by atoms with Gasteiger partial charge in [0.05, 0.1) is 63.2 Å². The molecule has 10 bridgehead atoms. The predicted molar refractivity (Wildman–Crippen MR) is 381 cm³/mol. The van der Waals surface area contributed by atoms with E-state index in [2.05, 4.69) is 36.6 Å². The largest absolute Gasteiger partial charge is 0.484 e. The zero-order chi connectivity index (χ0) is 71.7. The van der Waals surface area contributed by atoms with Gasteiger partial charge in [0.15, 0.2) is 6.61 Å². The first-order valence-corrected chi connectivity index (χ1v) is 37.6. The number of aromatic nitrogens is 7. The average molecular weight is 1500 g/mol. The molecule has 0 spiro atoms. The smallest absolute Gasteiger partial charge is 0.308 e. The highest BCUT2D eigenvalue weighted by molar-refractivity contribution is 7.15. The summed E-state index contributed by atoms with van der Waals surface area (Å²) in [5.74, 6) is -5.00. The fourth-order valence-electron chi connectivity index (χ4n) is 12.0. The molecule has 1 saturated heterocycles. The van der Waals surface area contributed by atoms with Crippen LogP contribution < -0.4 is 37.1 Å². The van der Waals surface area contributed by atoms with Crippen LogP contribution in [0.15, 0.2) is 93.6 Å². The number of amides is 7. The number of rotatable bonds is 19. The molecular weight excluding hydrogens is 1430 g/mol. The maximum atomic E-state index is 15.5. The SMILES string of the molecule is COCCOCCNC(=O)COc1ccc(C[C@@H]2NC(=O)c3csc(n3)[C@H]([C@H](O)c3ccccc3)NC(=O)c3nc(sc3C)[C@H](CC(N)=O)NC(=O)c3csc(n3)-c3ccc(-c4nc(C(=O)NC5CCC(C(=O)OC)CC5)cs4)nc3-c3csc(n3)-c3csc(n3)[C@@H]3[C@@H](C)[C@@H](O)CN3C2=O)cc1. The Kier molecular flexibility index (Phi) is 23.3. The van der Waals surface area contributed by atoms with Crippen LogP contribution >= 0.6 is 68.0 Å². The zero-order valence-electron chi connectivity index (χ0n) is 55.3. The number of aliphatic hydroxyl groups is 2.